The summed E-state index contributed by atoms with van der Waals surface area (Å²) in [5.41, 5.74) is 5.25. The molecule has 0 bridgehead atoms. The van der Waals surface area contributed by atoms with Crippen LogP contribution in [0.25, 0.3) is 0 Å². The van der Waals surface area contributed by atoms with Gasteiger partial charge in [0.25, 0.3) is 0 Å². The summed E-state index contributed by atoms with van der Waals surface area (Å²) >= 11 is 0. The maximum absolute atomic E-state index is 12.3. The second kappa shape index (κ2) is 4.82. The predicted octanol–water partition coefficient (Wildman–Crippen LogP) is 1.44. The van der Waals surface area contributed by atoms with Crippen LogP contribution >= 0.6 is 0 Å². The average Bonchev–Trinajstić information content (AvgIpc) is 2.26. The van der Waals surface area contributed by atoms with Gasteiger partial charge in [-0.05, 0) is 25.7 Å². The number of carbonyl (C=O) groups is 1. The number of hydrogen-bond donors (Lipinski definition) is 2. The van der Waals surface area contributed by atoms with Gasteiger partial charge in [0.2, 0.25) is 5.91 Å². The lowest BCUT2D eigenvalue weighted by Gasteiger charge is -2.57. The summed E-state index contributed by atoms with van der Waals surface area (Å²) in [6.07, 6.45) is 4.50. The zero-order chi connectivity index (χ0) is 13.4. The van der Waals surface area contributed by atoms with Crippen LogP contribution in [-0.4, -0.2) is 30.7 Å². The van der Waals surface area contributed by atoms with Crippen molar-refractivity contribution in [2.24, 2.45) is 17.1 Å². The molecule has 0 aromatic carbocycles. The van der Waals surface area contributed by atoms with Gasteiger partial charge in [0.1, 0.15) is 5.54 Å². The van der Waals surface area contributed by atoms with Crippen molar-refractivity contribution < 1.29 is 9.53 Å². The van der Waals surface area contributed by atoms with Gasteiger partial charge < -0.3 is 15.8 Å². The molecular weight excluding hydrogens is 228 g/mol. The van der Waals surface area contributed by atoms with Crippen LogP contribution in [0.15, 0.2) is 0 Å². The van der Waals surface area contributed by atoms with Crippen LogP contribution in [0.1, 0.15) is 46.5 Å². The van der Waals surface area contributed by atoms with Crippen molar-refractivity contribution in [1.82, 2.24) is 5.32 Å². The highest BCUT2D eigenvalue weighted by molar-refractivity contribution is 5.88. The number of ether oxygens (including phenoxy) is 1. The highest BCUT2D eigenvalue weighted by atomic mass is 16.5. The molecule has 1 amide bonds. The number of rotatable bonds is 5. The molecule has 2 aliphatic carbocycles. The van der Waals surface area contributed by atoms with Gasteiger partial charge in [-0.2, -0.15) is 0 Å². The molecular formula is C14H26N2O2. The molecule has 0 saturated heterocycles. The first-order chi connectivity index (χ1) is 8.41. The molecule has 2 unspecified atom stereocenters. The molecule has 0 aromatic rings. The van der Waals surface area contributed by atoms with Gasteiger partial charge in [-0.1, -0.05) is 20.3 Å². The minimum Gasteiger partial charge on any atom is -0.378 e. The first kappa shape index (κ1) is 13.8. The van der Waals surface area contributed by atoms with Crippen molar-refractivity contribution in [2.45, 2.75) is 58.1 Å². The van der Waals surface area contributed by atoms with Gasteiger partial charge in [-0.25, -0.2) is 0 Å². The molecule has 4 heteroatoms. The van der Waals surface area contributed by atoms with Gasteiger partial charge in [-0.15, -0.1) is 0 Å². The van der Waals surface area contributed by atoms with E-state index in [-0.39, 0.29) is 17.4 Å². The second-order valence-corrected chi connectivity index (χ2v) is 6.35. The number of hydrogen-bond acceptors (Lipinski definition) is 3. The molecule has 18 heavy (non-hydrogen) atoms. The van der Waals surface area contributed by atoms with Crippen molar-refractivity contribution >= 4 is 5.91 Å². The fourth-order valence-electron chi connectivity index (χ4n) is 2.91. The lowest BCUT2D eigenvalue weighted by Crippen LogP contribution is -2.76. The SMILES string of the molecule is CCOC1CC(N)(C(=O)NCC2CCC2)C1(C)C. The Morgan fingerprint density at radius 1 is 1.44 bits per heavy atom. The largest absolute Gasteiger partial charge is 0.378 e. The van der Waals surface area contributed by atoms with Crippen LogP contribution in [0.4, 0.5) is 0 Å². The second-order valence-electron chi connectivity index (χ2n) is 6.35. The number of nitrogens with two attached hydrogens (primary N) is 1. The van der Waals surface area contributed by atoms with E-state index in [1.807, 2.05) is 20.8 Å². The van der Waals surface area contributed by atoms with E-state index in [0.29, 0.717) is 18.9 Å². The maximum Gasteiger partial charge on any atom is 0.240 e. The van der Waals surface area contributed by atoms with E-state index in [1.54, 1.807) is 0 Å². The molecule has 0 aliphatic heterocycles. The van der Waals surface area contributed by atoms with Crippen molar-refractivity contribution in [3.8, 4) is 0 Å². The van der Waals surface area contributed by atoms with Crippen LogP contribution in [0.3, 0.4) is 0 Å². The van der Waals surface area contributed by atoms with Crippen molar-refractivity contribution in [3.05, 3.63) is 0 Å². The summed E-state index contributed by atoms with van der Waals surface area (Å²) in [5, 5.41) is 3.03. The quantitative estimate of drug-likeness (QED) is 0.780. The van der Waals surface area contributed by atoms with Crippen LogP contribution < -0.4 is 11.1 Å². The van der Waals surface area contributed by atoms with Crippen LogP contribution in [0.2, 0.25) is 0 Å². The molecule has 2 rings (SSSR count). The first-order valence-corrected chi connectivity index (χ1v) is 7.10. The number of nitrogens with one attached hydrogen (secondary N) is 1. The Morgan fingerprint density at radius 2 is 2.11 bits per heavy atom. The van der Waals surface area contributed by atoms with Crippen molar-refractivity contribution in [3.63, 3.8) is 0 Å². The lowest BCUT2D eigenvalue weighted by molar-refractivity contribution is -0.170. The maximum atomic E-state index is 12.3. The Kier molecular flexibility index (Phi) is 3.70. The fourth-order valence-corrected chi connectivity index (χ4v) is 2.91. The zero-order valence-corrected chi connectivity index (χ0v) is 11.8. The van der Waals surface area contributed by atoms with Gasteiger partial charge in [0.05, 0.1) is 6.10 Å². The van der Waals surface area contributed by atoms with Crippen LogP contribution in [0.5, 0.6) is 0 Å². The molecule has 2 aliphatic rings. The molecule has 0 spiro atoms. The Labute approximate surface area is 110 Å². The molecule has 3 N–H and O–H groups in total. The summed E-state index contributed by atoms with van der Waals surface area (Å²) in [6, 6.07) is 0. The summed E-state index contributed by atoms with van der Waals surface area (Å²) in [5.74, 6) is 0.666. The van der Waals surface area contributed by atoms with E-state index < -0.39 is 5.54 Å². The monoisotopic (exact) mass is 254 g/mol. The van der Waals surface area contributed by atoms with E-state index in [9.17, 15) is 4.79 Å². The van der Waals surface area contributed by atoms with E-state index in [2.05, 4.69) is 5.32 Å². The molecule has 2 fully saturated rings. The van der Waals surface area contributed by atoms with Gasteiger partial charge in [0, 0.05) is 25.0 Å². The zero-order valence-electron chi connectivity index (χ0n) is 11.8. The minimum atomic E-state index is -0.767. The number of amides is 1. The highest BCUT2D eigenvalue weighted by Crippen LogP contribution is 2.49. The first-order valence-electron chi connectivity index (χ1n) is 7.10. The molecule has 0 heterocycles. The van der Waals surface area contributed by atoms with E-state index >= 15 is 0 Å². The Balaban J connectivity index is 1.88. The summed E-state index contributed by atoms with van der Waals surface area (Å²) in [6.45, 7) is 7.49. The topological polar surface area (TPSA) is 64.3 Å². The van der Waals surface area contributed by atoms with Crippen molar-refractivity contribution in [2.75, 3.05) is 13.2 Å². The normalized spacial score (nSPS) is 34.6. The molecule has 0 radical (unpaired) electrons. The highest BCUT2D eigenvalue weighted by Gasteiger charge is 2.62. The Hall–Kier alpha value is -0.610. The Morgan fingerprint density at radius 3 is 2.56 bits per heavy atom. The van der Waals surface area contributed by atoms with Gasteiger partial charge in [0.15, 0.2) is 0 Å². The third-order valence-corrected chi connectivity index (χ3v) is 5.01. The Bertz CT molecular complexity index is 326. The van der Waals surface area contributed by atoms with Crippen molar-refractivity contribution in [1.29, 1.82) is 0 Å². The summed E-state index contributed by atoms with van der Waals surface area (Å²) < 4.78 is 5.64. The predicted molar refractivity (Wildman–Crippen MR) is 71.1 cm³/mol. The molecule has 2 atom stereocenters. The van der Waals surface area contributed by atoms with E-state index in [4.69, 9.17) is 10.5 Å². The molecule has 0 aromatic heterocycles. The lowest BCUT2D eigenvalue weighted by atomic mass is 9.54. The summed E-state index contributed by atoms with van der Waals surface area (Å²) in [7, 11) is 0. The molecule has 4 nitrogen and oxygen atoms in total. The molecule has 2 saturated carbocycles. The third kappa shape index (κ3) is 2.05. The van der Waals surface area contributed by atoms with Gasteiger partial charge in [-0.3, -0.25) is 4.79 Å². The number of carbonyl (C=O) groups excluding carboxylic acids is 1. The molecule has 104 valence electrons. The minimum absolute atomic E-state index is 0.00430. The summed E-state index contributed by atoms with van der Waals surface area (Å²) in [4.78, 5) is 12.3. The third-order valence-electron chi connectivity index (χ3n) is 5.01. The fraction of sp³-hybridized carbons (Fsp3) is 0.929. The van der Waals surface area contributed by atoms with Crippen LogP contribution in [-0.2, 0) is 9.53 Å². The van der Waals surface area contributed by atoms with Gasteiger partial charge >= 0.3 is 0 Å². The standard InChI is InChI=1S/C14H26N2O2/c1-4-18-11-8-14(15,13(11,2)3)12(17)16-9-10-6-5-7-10/h10-11H,4-9,15H2,1-3H3,(H,16,17). The van der Waals surface area contributed by atoms with E-state index in [1.165, 1.54) is 19.3 Å². The average molecular weight is 254 g/mol. The van der Waals surface area contributed by atoms with Crippen LogP contribution in [0, 0.1) is 11.3 Å². The van der Waals surface area contributed by atoms with E-state index in [0.717, 1.165) is 6.54 Å². The smallest absolute Gasteiger partial charge is 0.240 e.